The molecule has 0 aliphatic carbocycles. The van der Waals surface area contributed by atoms with Crippen LogP contribution in [0.25, 0.3) is 10.8 Å². The summed E-state index contributed by atoms with van der Waals surface area (Å²) in [7, 11) is -3.57. The van der Waals surface area contributed by atoms with E-state index in [9.17, 15) is 53.6 Å². The highest BCUT2D eigenvalue weighted by atomic mass is 31.2. The van der Waals surface area contributed by atoms with E-state index < -0.39 is 91.3 Å². The first-order valence-corrected chi connectivity index (χ1v) is 26.6. The third-order valence-electron chi connectivity index (χ3n) is 15.2. The Bertz CT molecular complexity index is 2780. The van der Waals surface area contributed by atoms with E-state index in [1.165, 1.54) is 31.2 Å². The van der Waals surface area contributed by atoms with E-state index in [1.54, 1.807) is 45.9 Å². The fourth-order valence-electron chi connectivity index (χ4n) is 10.3. The van der Waals surface area contributed by atoms with Gasteiger partial charge >= 0.3 is 19.4 Å². The first-order valence-electron chi connectivity index (χ1n) is 24.9. The molecular formula is C52H73N6O14P. The van der Waals surface area contributed by atoms with Crippen LogP contribution < -0.4 is 26.1 Å². The molecule has 1 unspecified atom stereocenters. The maximum atomic E-state index is 14.8. The number of allylic oxidation sites excluding steroid dienone is 3. The number of piperidine rings is 1. The molecule has 20 nitrogen and oxygen atoms in total. The summed E-state index contributed by atoms with van der Waals surface area (Å²) in [5, 5.41) is 41.4. The number of ether oxygens (including phenoxy) is 3. The third kappa shape index (κ3) is 11.9. The lowest BCUT2D eigenvalue weighted by Crippen LogP contribution is -2.45. The number of aromatic hydroxyl groups is 2. The molecule has 400 valence electrons. The number of likely N-dealkylation sites (N-methyl/N-ethyl adjacent to an activating group) is 1. The number of rotatable bonds is 10. The third-order valence-corrected chi connectivity index (χ3v) is 16.2. The molecule has 0 radical (unpaired) electrons. The first kappa shape index (κ1) is 56.8. The van der Waals surface area contributed by atoms with Crippen molar-refractivity contribution in [2.75, 3.05) is 45.1 Å². The summed E-state index contributed by atoms with van der Waals surface area (Å²) < 4.78 is 30.2. The Kier molecular flexibility index (Phi) is 17.2. The van der Waals surface area contributed by atoms with Crippen LogP contribution in [0.15, 0.2) is 46.1 Å². The number of esters is 1. The van der Waals surface area contributed by atoms with Crippen molar-refractivity contribution in [2.45, 2.75) is 118 Å². The van der Waals surface area contributed by atoms with E-state index >= 15 is 0 Å². The number of hydrogen-bond acceptors (Lipinski definition) is 16. The standard InChI is InChI=1S/C52H73N6O14P/c1-26(2)22-58-19-17-52(18-20-58)55-41-38-39-45(63)34(10)48-40(38)49(65)51(11,72-48)70-21-16-27(3)30(6)31(7)32(8)44(62)33(9)47(71-37(61)24-57(12)23-35(60)53-36(25-59)73(67,68)69)28(4)14-13-15-29(5)50(66)54-43(46(39)64)42(41)56-52/h13-16,21,25-28,30-33,36,44,47,62-64H,17-20,22-24H2,1-12H3,(H,53,60)(H,54,66)(H2,67,68,69)/b14-13+,21-16+,29-15-/t27-,28-,30+,31+,32-,33-,36?,44-,47-,51-/m0/s1. The molecule has 2 aromatic carbocycles. The minimum atomic E-state index is -4.97. The van der Waals surface area contributed by atoms with E-state index in [4.69, 9.17) is 24.2 Å². The largest absolute Gasteiger partial charge is 0.507 e. The van der Waals surface area contributed by atoms with Gasteiger partial charge in [-0.25, -0.2) is 0 Å². The molecule has 0 saturated carbocycles. The van der Waals surface area contributed by atoms with Gasteiger partial charge in [0.05, 0.1) is 41.8 Å². The van der Waals surface area contributed by atoms with Gasteiger partial charge in [-0.3, -0.25) is 38.6 Å². The molecule has 73 heavy (non-hydrogen) atoms. The van der Waals surface area contributed by atoms with Gasteiger partial charge in [-0.05, 0) is 56.6 Å². The zero-order valence-electron chi connectivity index (χ0n) is 43.8. The second-order valence-corrected chi connectivity index (χ2v) is 23.0. The van der Waals surface area contributed by atoms with Gasteiger partial charge < -0.3 is 59.6 Å². The Morgan fingerprint density at radius 3 is 2.22 bits per heavy atom. The molecule has 2 aromatic rings. The van der Waals surface area contributed by atoms with Crippen LogP contribution >= 0.6 is 7.60 Å². The maximum Gasteiger partial charge on any atom is 0.355 e. The number of phenols is 2. The molecular weight excluding hydrogens is 964 g/mol. The number of amides is 2. The summed E-state index contributed by atoms with van der Waals surface area (Å²) in [4.78, 5) is 99.0. The van der Waals surface area contributed by atoms with Crippen LogP contribution in [0.5, 0.6) is 17.2 Å². The van der Waals surface area contributed by atoms with E-state index in [1.807, 2.05) is 33.0 Å². The van der Waals surface area contributed by atoms with Crippen LogP contribution in [0.4, 0.5) is 5.69 Å². The number of anilines is 1. The molecule has 10 atom stereocenters. The summed E-state index contributed by atoms with van der Waals surface area (Å²) in [6, 6.07) is 0. The van der Waals surface area contributed by atoms with Gasteiger partial charge in [0.1, 0.15) is 28.6 Å². The van der Waals surface area contributed by atoms with E-state index in [-0.39, 0.29) is 85.3 Å². The summed E-state index contributed by atoms with van der Waals surface area (Å²) in [5.41, 5.74) is -0.692. The minimum Gasteiger partial charge on any atom is -0.507 e. The minimum absolute atomic E-state index is 0.0591. The SMILES string of the molecule is C/C1=C/C=C/[C@H](C)[C@H](OC(=O)CN(C)CC(=O)NC(C=O)P(=O)(O)O)[C@@H](C)[C@@H](O)[C@@H](C)[C@H](C)[C@H](C)[C@@H](C)/C=C/O[C@@]2(C)Oc3c(C)c(O)c4c(O)c(c5c(c4c3C2=O)=NC2(CCN(CC(C)C)CC2)N=5)NC1=O. The van der Waals surface area contributed by atoms with Crippen molar-refractivity contribution in [2.24, 2.45) is 51.4 Å². The zero-order valence-corrected chi connectivity index (χ0v) is 44.7. The van der Waals surface area contributed by atoms with E-state index in [0.29, 0.717) is 31.8 Å². The Labute approximate surface area is 425 Å². The number of aliphatic hydroxyl groups is 1. The predicted molar refractivity (Wildman–Crippen MR) is 271 cm³/mol. The zero-order chi connectivity index (χ0) is 54.2. The number of likely N-dealkylation sites (tertiary alicyclic amines) is 1. The maximum absolute atomic E-state index is 14.8. The van der Waals surface area contributed by atoms with E-state index in [0.717, 1.165) is 6.54 Å². The van der Waals surface area contributed by atoms with Crippen molar-refractivity contribution < 1.29 is 67.9 Å². The Morgan fingerprint density at radius 1 is 0.959 bits per heavy atom. The number of hydrogen-bond donors (Lipinski definition) is 7. The van der Waals surface area contributed by atoms with Crippen molar-refractivity contribution in [1.29, 1.82) is 0 Å². The summed E-state index contributed by atoms with van der Waals surface area (Å²) in [5.74, 6) is -9.27. The van der Waals surface area contributed by atoms with Crippen LogP contribution in [0.2, 0.25) is 0 Å². The number of ketones is 1. The molecule has 5 aliphatic heterocycles. The second kappa shape index (κ2) is 22.1. The fraction of sp³-hybridized carbons (Fsp3) is 0.596. The molecule has 7 N–H and O–H groups in total. The number of benzene rings is 2. The smallest absolute Gasteiger partial charge is 0.355 e. The Morgan fingerprint density at radius 2 is 1.60 bits per heavy atom. The molecule has 2 amide bonds. The normalized spacial score (nSPS) is 29.8. The lowest BCUT2D eigenvalue weighted by Gasteiger charge is -2.38. The monoisotopic (exact) mass is 1040 g/mol. The van der Waals surface area contributed by atoms with Gasteiger partial charge in [0, 0.05) is 67.8 Å². The number of carbonyl (C=O) groups excluding carboxylic acids is 5. The molecule has 21 heteroatoms. The molecule has 1 fully saturated rings. The molecule has 1 saturated heterocycles. The fourth-order valence-corrected chi connectivity index (χ4v) is 10.7. The van der Waals surface area contributed by atoms with Crippen molar-refractivity contribution in [1.82, 2.24) is 15.1 Å². The molecule has 1 spiro atoms. The second-order valence-electron chi connectivity index (χ2n) is 21.3. The number of nitrogens with one attached hydrogen (secondary N) is 2. The number of nitrogens with zero attached hydrogens (tertiary/aromatic N) is 4. The highest BCUT2D eigenvalue weighted by Crippen LogP contribution is 2.50. The average molecular weight is 1040 g/mol. The van der Waals surface area contributed by atoms with Gasteiger partial charge in [-0.1, -0.05) is 73.6 Å². The quantitative estimate of drug-likeness (QED) is 0.0753. The topological polar surface area (TPSA) is 287 Å². The van der Waals surface area contributed by atoms with Crippen LogP contribution in [-0.4, -0.2) is 134 Å². The summed E-state index contributed by atoms with van der Waals surface area (Å²) >= 11 is 0. The number of carbonyl (C=O) groups is 5. The number of aliphatic hydroxyl groups excluding tert-OH is 1. The predicted octanol–water partition coefficient (Wildman–Crippen LogP) is 4.38. The van der Waals surface area contributed by atoms with E-state index in [2.05, 4.69) is 24.1 Å². The average Bonchev–Trinajstić information content (AvgIpc) is 3.81. The van der Waals surface area contributed by atoms with Gasteiger partial charge in [0.15, 0.2) is 23.5 Å². The van der Waals surface area contributed by atoms with Crippen molar-refractivity contribution in [3.05, 3.63) is 58.0 Å². The van der Waals surface area contributed by atoms with Crippen molar-refractivity contribution in [3.8, 4) is 17.2 Å². The summed E-state index contributed by atoms with van der Waals surface area (Å²) in [6.07, 6.45) is 7.02. The highest BCUT2D eigenvalue weighted by Gasteiger charge is 2.50. The first-order chi connectivity index (χ1) is 34.0. The molecule has 5 heterocycles. The van der Waals surface area contributed by atoms with Crippen molar-refractivity contribution >= 4 is 53.9 Å². The van der Waals surface area contributed by atoms with Gasteiger partial charge in [0.25, 0.3) is 11.7 Å². The van der Waals surface area contributed by atoms with Crippen LogP contribution in [-0.2, 0) is 33.2 Å². The van der Waals surface area contributed by atoms with Crippen LogP contribution in [0.1, 0.15) is 98.0 Å². The number of Topliss-reactive ketones (excluding diaryl/α,β-unsaturated/α-hetero) is 1. The summed E-state index contributed by atoms with van der Waals surface area (Å²) in [6.45, 7) is 21.6. The number of fused-ring (bicyclic) bond motifs is 13. The number of phenolic OH excluding ortho intramolecular Hbond substituents is 2. The van der Waals surface area contributed by atoms with Gasteiger partial charge in [-0.15, -0.1) is 0 Å². The van der Waals surface area contributed by atoms with Crippen molar-refractivity contribution in [3.63, 3.8) is 0 Å². The van der Waals surface area contributed by atoms with Crippen LogP contribution in [0.3, 0.4) is 0 Å². The molecule has 5 bridgehead atoms. The van der Waals surface area contributed by atoms with Gasteiger partial charge in [-0.2, -0.15) is 0 Å². The highest BCUT2D eigenvalue weighted by molar-refractivity contribution is 7.53. The number of aldehydes is 1. The lowest BCUT2D eigenvalue weighted by atomic mass is 9.72. The Balaban J connectivity index is 1.41. The molecule has 0 aromatic heterocycles. The lowest BCUT2D eigenvalue weighted by molar-refractivity contribution is -0.159. The molecule has 7 rings (SSSR count). The van der Waals surface area contributed by atoms with Crippen LogP contribution in [0, 0.1) is 48.3 Å². The van der Waals surface area contributed by atoms with Gasteiger partial charge in [0.2, 0.25) is 5.91 Å². The molecule has 5 aliphatic rings. The Hall–Kier alpha value is -5.50.